The van der Waals surface area contributed by atoms with Gasteiger partial charge in [-0.05, 0) is 6.92 Å². The van der Waals surface area contributed by atoms with E-state index in [1.54, 1.807) is 6.92 Å². The van der Waals surface area contributed by atoms with Crippen LogP contribution in [0.15, 0.2) is 17.6 Å². The average molecular weight is 191 g/mol. The van der Waals surface area contributed by atoms with Gasteiger partial charge in [-0.1, -0.05) is 0 Å². The molecule has 0 saturated carbocycles. The van der Waals surface area contributed by atoms with Crippen LogP contribution in [0.5, 0.6) is 0 Å². The summed E-state index contributed by atoms with van der Waals surface area (Å²) in [5, 5.41) is 10.5. The lowest BCUT2D eigenvalue weighted by Crippen LogP contribution is -2.31. The Hall–Kier alpha value is -1.98. The van der Waals surface area contributed by atoms with Gasteiger partial charge in [-0.15, -0.1) is 0 Å². The minimum atomic E-state index is 0.0920. The molecule has 14 heavy (non-hydrogen) atoms. The summed E-state index contributed by atoms with van der Waals surface area (Å²) in [6.45, 7) is 2.16. The summed E-state index contributed by atoms with van der Waals surface area (Å²) < 4.78 is 1.54. The molecule has 0 spiro atoms. The van der Waals surface area contributed by atoms with Crippen molar-refractivity contribution >= 4 is 12.2 Å². The molecule has 6 nitrogen and oxygen atoms in total. The molecule has 72 valence electrons. The van der Waals surface area contributed by atoms with E-state index in [0.717, 1.165) is 12.0 Å². The molecule has 1 aliphatic heterocycles. The van der Waals surface area contributed by atoms with Crippen LogP contribution in [0.1, 0.15) is 6.92 Å². The van der Waals surface area contributed by atoms with Crippen LogP contribution >= 0.6 is 0 Å². The number of hydrogen-bond donors (Lipinski definition) is 2. The number of hydrogen-bond acceptors (Lipinski definition) is 5. The molecule has 0 aromatic carbocycles. The highest BCUT2D eigenvalue weighted by Crippen LogP contribution is 2.14. The van der Waals surface area contributed by atoms with E-state index in [1.165, 1.54) is 10.9 Å². The maximum Gasteiger partial charge on any atom is 0.226 e. The topological polar surface area (TPSA) is 83.7 Å². The Balaban J connectivity index is 2.54. The maximum absolute atomic E-state index is 10.7. The third kappa shape index (κ3) is 1.20. The lowest BCUT2D eigenvalue weighted by atomic mass is 10.2. The third-order valence-electron chi connectivity index (χ3n) is 2.12. The van der Waals surface area contributed by atoms with Crippen molar-refractivity contribution in [1.29, 1.82) is 5.41 Å². The standard InChI is InChI=1S/C8H9N5O/c1-5-6(3-14)2-13-7(9)10-4-11-8(13)12-5/h3-4H,2H2,1H3,(H2,9,10,11,12). The van der Waals surface area contributed by atoms with Gasteiger partial charge in [-0.25, -0.2) is 9.97 Å². The van der Waals surface area contributed by atoms with E-state index in [4.69, 9.17) is 5.41 Å². The number of carbonyl (C=O) groups excluding carboxylic acids is 1. The van der Waals surface area contributed by atoms with E-state index in [-0.39, 0.29) is 5.62 Å². The maximum atomic E-state index is 10.7. The Morgan fingerprint density at radius 2 is 2.43 bits per heavy atom. The summed E-state index contributed by atoms with van der Waals surface area (Å²) in [6.07, 6.45) is 2.10. The molecule has 0 unspecified atom stereocenters. The third-order valence-corrected chi connectivity index (χ3v) is 2.12. The zero-order valence-electron chi connectivity index (χ0n) is 7.61. The molecule has 6 heteroatoms. The number of aldehydes is 1. The monoisotopic (exact) mass is 191 g/mol. The average Bonchev–Trinajstić information content (AvgIpc) is 2.17. The Morgan fingerprint density at radius 3 is 3.14 bits per heavy atom. The number of anilines is 1. The van der Waals surface area contributed by atoms with E-state index < -0.39 is 0 Å². The van der Waals surface area contributed by atoms with Gasteiger partial charge >= 0.3 is 0 Å². The fraction of sp³-hybridized carbons (Fsp3) is 0.250. The summed E-state index contributed by atoms with van der Waals surface area (Å²) in [5.74, 6) is 0.549. The van der Waals surface area contributed by atoms with Crippen LogP contribution in [0.2, 0.25) is 0 Å². The summed E-state index contributed by atoms with van der Waals surface area (Å²) in [7, 11) is 0. The summed E-state index contributed by atoms with van der Waals surface area (Å²) in [6, 6.07) is 0. The van der Waals surface area contributed by atoms with Crippen LogP contribution in [0.4, 0.5) is 5.95 Å². The number of allylic oxidation sites excluding steroid dienone is 2. The number of nitrogens with zero attached hydrogens (tertiary/aromatic N) is 3. The number of rotatable bonds is 1. The highest BCUT2D eigenvalue weighted by molar-refractivity contribution is 5.76. The van der Waals surface area contributed by atoms with Gasteiger partial charge < -0.3 is 5.32 Å². The van der Waals surface area contributed by atoms with Crippen molar-refractivity contribution in [1.82, 2.24) is 14.5 Å². The van der Waals surface area contributed by atoms with Gasteiger partial charge in [0.15, 0.2) is 0 Å². The van der Waals surface area contributed by atoms with Crippen LogP contribution in [-0.4, -0.2) is 20.8 Å². The predicted octanol–water partition coefficient (Wildman–Crippen LogP) is -0.344. The minimum absolute atomic E-state index is 0.0920. The number of aromatic nitrogens is 3. The molecule has 2 N–H and O–H groups in total. The normalized spacial score (nSPS) is 14.6. The van der Waals surface area contributed by atoms with Gasteiger partial charge in [0.1, 0.15) is 12.6 Å². The molecule has 0 bridgehead atoms. The van der Waals surface area contributed by atoms with Crippen LogP contribution in [0, 0.1) is 5.41 Å². The lowest BCUT2D eigenvalue weighted by Gasteiger charge is -2.20. The Bertz CT molecular complexity index is 473. The molecule has 1 aromatic rings. The van der Waals surface area contributed by atoms with Crippen LogP contribution in [0.25, 0.3) is 0 Å². The number of carbonyl (C=O) groups is 1. The second-order valence-electron chi connectivity index (χ2n) is 3.00. The smallest absolute Gasteiger partial charge is 0.226 e. The fourth-order valence-electron chi connectivity index (χ4n) is 1.29. The number of nitrogens with one attached hydrogen (secondary N) is 2. The van der Waals surface area contributed by atoms with E-state index in [1.807, 2.05) is 0 Å². The summed E-state index contributed by atoms with van der Waals surface area (Å²) in [5.41, 5.74) is 1.48. The van der Waals surface area contributed by atoms with E-state index >= 15 is 0 Å². The van der Waals surface area contributed by atoms with Gasteiger partial charge in [0.05, 0.1) is 6.54 Å². The van der Waals surface area contributed by atoms with Crippen molar-refractivity contribution in [3.05, 3.63) is 23.2 Å². The first kappa shape index (κ1) is 8.61. The molecule has 0 fully saturated rings. The predicted molar refractivity (Wildman–Crippen MR) is 48.3 cm³/mol. The molecule has 0 amide bonds. The Labute approximate surface area is 79.8 Å². The van der Waals surface area contributed by atoms with Gasteiger partial charge in [0, 0.05) is 11.3 Å². The summed E-state index contributed by atoms with van der Waals surface area (Å²) in [4.78, 5) is 18.4. The van der Waals surface area contributed by atoms with Crippen LogP contribution in [0.3, 0.4) is 0 Å². The van der Waals surface area contributed by atoms with Crippen molar-refractivity contribution < 1.29 is 4.79 Å². The molecule has 0 saturated heterocycles. The molecular weight excluding hydrogens is 182 g/mol. The molecular formula is C8H9N5O. The van der Waals surface area contributed by atoms with Gasteiger partial charge in [-0.3, -0.25) is 14.8 Å². The molecule has 2 rings (SSSR count). The Kier molecular flexibility index (Phi) is 1.88. The molecule has 0 aliphatic carbocycles. The zero-order valence-corrected chi connectivity index (χ0v) is 7.61. The highest BCUT2D eigenvalue weighted by atomic mass is 16.1. The second-order valence-corrected chi connectivity index (χ2v) is 3.00. The molecule has 0 atom stereocenters. The summed E-state index contributed by atoms with van der Waals surface area (Å²) >= 11 is 0. The van der Waals surface area contributed by atoms with Gasteiger partial charge in [0.25, 0.3) is 0 Å². The minimum Gasteiger partial charge on any atom is -0.329 e. The van der Waals surface area contributed by atoms with E-state index in [0.29, 0.717) is 18.1 Å². The van der Waals surface area contributed by atoms with Crippen molar-refractivity contribution in [2.45, 2.75) is 13.5 Å². The van der Waals surface area contributed by atoms with E-state index in [9.17, 15) is 4.79 Å². The first-order chi connectivity index (χ1) is 6.72. The molecule has 1 aliphatic rings. The lowest BCUT2D eigenvalue weighted by molar-refractivity contribution is -0.105. The first-order valence-corrected chi connectivity index (χ1v) is 4.10. The zero-order chi connectivity index (χ0) is 10.1. The number of fused-ring (bicyclic) bond motifs is 1. The quantitative estimate of drug-likeness (QED) is 0.594. The van der Waals surface area contributed by atoms with Gasteiger partial charge in [0.2, 0.25) is 11.6 Å². The van der Waals surface area contributed by atoms with Crippen molar-refractivity contribution in [3.63, 3.8) is 0 Å². The second kappa shape index (κ2) is 3.06. The van der Waals surface area contributed by atoms with Crippen molar-refractivity contribution in [2.24, 2.45) is 0 Å². The fourth-order valence-corrected chi connectivity index (χ4v) is 1.29. The van der Waals surface area contributed by atoms with Gasteiger partial charge in [-0.2, -0.15) is 0 Å². The first-order valence-electron chi connectivity index (χ1n) is 4.10. The molecule has 0 radical (unpaired) electrons. The van der Waals surface area contributed by atoms with Crippen LogP contribution < -0.4 is 10.9 Å². The van der Waals surface area contributed by atoms with Crippen molar-refractivity contribution in [3.8, 4) is 0 Å². The van der Waals surface area contributed by atoms with E-state index in [2.05, 4.69) is 15.3 Å². The molecule has 2 heterocycles. The Morgan fingerprint density at radius 1 is 1.64 bits per heavy atom. The van der Waals surface area contributed by atoms with Crippen molar-refractivity contribution in [2.75, 3.05) is 5.32 Å². The highest BCUT2D eigenvalue weighted by Gasteiger charge is 2.14. The largest absolute Gasteiger partial charge is 0.329 e. The van der Waals surface area contributed by atoms with Crippen LogP contribution in [-0.2, 0) is 11.3 Å². The molecule has 1 aromatic heterocycles. The SMILES string of the molecule is CC1=C(C=O)Cn2c(ncnc2=N)N1.